The van der Waals surface area contributed by atoms with Crippen molar-refractivity contribution in [1.29, 1.82) is 0 Å². The Kier molecular flexibility index (Phi) is 3.37. The third kappa shape index (κ3) is 2.49. The molecule has 0 radical (unpaired) electrons. The van der Waals surface area contributed by atoms with Gasteiger partial charge < -0.3 is 14.8 Å². The van der Waals surface area contributed by atoms with Crippen LogP contribution in [0, 0.1) is 0 Å². The monoisotopic (exact) mass is 272 g/mol. The van der Waals surface area contributed by atoms with Gasteiger partial charge in [-0.15, -0.1) is 0 Å². The third-order valence-electron chi connectivity index (χ3n) is 3.50. The van der Waals surface area contributed by atoms with Crippen molar-refractivity contribution in [1.82, 2.24) is 19.8 Å². The molecule has 2 amide bonds. The molecule has 0 bridgehead atoms. The Hall–Kier alpha value is -2.37. The highest BCUT2D eigenvalue weighted by molar-refractivity contribution is 5.82. The van der Waals surface area contributed by atoms with Crippen molar-refractivity contribution in [2.24, 2.45) is 0 Å². The van der Waals surface area contributed by atoms with Gasteiger partial charge in [-0.05, 0) is 12.1 Å². The summed E-state index contributed by atoms with van der Waals surface area (Å²) < 4.78 is 1.85. The Labute approximate surface area is 116 Å². The number of fused-ring (bicyclic) bond motifs is 1. The maximum Gasteiger partial charge on any atom is 0.242 e. The van der Waals surface area contributed by atoms with Gasteiger partial charge in [-0.1, -0.05) is 12.1 Å². The van der Waals surface area contributed by atoms with Crippen LogP contribution in [0.25, 0.3) is 11.0 Å². The summed E-state index contributed by atoms with van der Waals surface area (Å²) in [6.07, 6.45) is 2.06. The number of carbonyl (C=O) groups is 2. The van der Waals surface area contributed by atoms with Crippen LogP contribution in [0.1, 0.15) is 6.42 Å². The van der Waals surface area contributed by atoms with Crippen molar-refractivity contribution < 1.29 is 9.59 Å². The Bertz CT molecular complexity index is 649. The van der Waals surface area contributed by atoms with E-state index in [9.17, 15) is 9.59 Å². The molecule has 1 saturated heterocycles. The molecule has 2 aromatic rings. The highest BCUT2D eigenvalue weighted by atomic mass is 16.2. The van der Waals surface area contributed by atoms with Crippen molar-refractivity contribution in [3.05, 3.63) is 30.6 Å². The van der Waals surface area contributed by atoms with E-state index in [1.165, 1.54) is 0 Å². The summed E-state index contributed by atoms with van der Waals surface area (Å²) in [7, 11) is 0. The lowest BCUT2D eigenvalue weighted by molar-refractivity contribution is -0.131. The number of para-hydroxylation sites is 2. The molecule has 0 unspecified atom stereocenters. The second-order valence-electron chi connectivity index (χ2n) is 4.84. The standard InChI is InChI=1S/C14H16N4O2/c19-13-5-7-17(8-6-15-13)14(20)9-18-10-16-11-3-1-2-4-12(11)18/h1-4,10H,5-9H2,(H,15,19). The molecule has 20 heavy (non-hydrogen) atoms. The molecule has 1 N–H and O–H groups in total. The zero-order valence-electron chi connectivity index (χ0n) is 11.1. The highest BCUT2D eigenvalue weighted by Crippen LogP contribution is 2.12. The zero-order valence-corrected chi connectivity index (χ0v) is 11.1. The van der Waals surface area contributed by atoms with Crippen molar-refractivity contribution in [3.8, 4) is 0 Å². The lowest BCUT2D eigenvalue weighted by Crippen LogP contribution is -2.36. The summed E-state index contributed by atoms with van der Waals surface area (Å²) in [6, 6.07) is 7.72. The SMILES string of the molecule is O=C1CCN(C(=O)Cn2cnc3ccccc32)CCN1. The lowest BCUT2D eigenvalue weighted by Gasteiger charge is -2.19. The van der Waals surface area contributed by atoms with E-state index < -0.39 is 0 Å². The number of amides is 2. The van der Waals surface area contributed by atoms with Gasteiger partial charge in [-0.2, -0.15) is 0 Å². The maximum atomic E-state index is 12.3. The molecule has 0 atom stereocenters. The van der Waals surface area contributed by atoms with E-state index in [0.717, 1.165) is 11.0 Å². The number of carbonyl (C=O) groups excluding carboxylic acids is 2. The molecule has 0 spiro atoms. The number of nitrogens with one attached hydrogen (secondary N) is 1. The largest absolute Gasteiger partial charge is 0.354 e. The van der Waals surface area contributed by atoms with Crippen LogP contribution in [-0.2, 0) is 16.1 Å². The predicted molar refractivity (Wildman–Crippen MR) is 73.9 cm³/mol. The minimum atomic E-state index is 0.00776. The smallest absolute Gasteiger partial charge is 0.242 e. The van der Waals surface area contributed by atoms with Gasteiger partial charge in [0.1, 0.15) is 6.54 Å². The van der Waals surface area contributed by atoms with Gasteiger partial charge in [0, 0.05) is 26.1 Å². The molecule has 6 nitrogen and oxygen atoms in total. The average Bonchev–Trinajstić information content (AvgIpc) is 2.72. The van der Waals surface area contributed by atoms with Gasteiger partial charge >= 0.3 is 0 Å². The first-order valence-electron chi connectivity index (χ1n) is 6.68. The van der Waals surface area contributed by atoms with E-state index in [0.29, 0.717) is 26.1 Å². The molecule has 0 aliphatic carbocycles. The molecule has 3 rings (SSSR count). The zero-order chi connectivity index (χ0) is 13.9. The van der Waals surface area contributed by atoms with Crippen LogP contribution in [0.3, 0.4) is 0 Å². The first kappa shape index (κ1) is 12.7. The maximum absolute atomic E-state index is 12.3. The summed E-state index contributed by atoms with van der Waals surface area (Å²) >= 11 is 0. The normalized spacial score (nSPS) is 16.0. The summed E-state index contributed by atoms with van der Waals surface area (Å²) in [4.78, 5) is 29.6. The number of hydrogen-bond donors (Lipinski definition) is 1. The van der Waals surface area contributed by atoms with Crippen LogP contribution >= 0.6 is 0 Å². The van der Waals surface area contributed by atoms with Crippen molar-refractivity contribution in [2.75, 3.05) is 19.6 Å². The molecule has 6 heteroatoms. The van der Waals surface area contributed by atoms with Gasteiger partial charge in [0.25, 0.3) is 0 Å². The van der Waals surface area contributed by atoms with E-state index in [4.69, 9.17) is 0 Å². The van der Waals surface area contributed by atoms with Crippen LogP contribution in [-0.4, -0.2) is 45.9 Å². The quantitative estimate of drug-likeness (QED) is 0.859. The Balaban J connectivity index is 1.73. The van der Waals surface area contributed by atoms with Crippen LogP contribution in [0.4, 0.5) is 0 Å². The molecule has 1 aliphatic heterocycles. The Morgan fingerprint density at radius 2 is 2.15 bits per heavy atom. The molecular weight excluding hydrogens is 256 g/mol. The second kappa shape index (κ2) is 5.32. The lowest BCUT2D eigenvalue weighted by atomic mass is 10.3. The van der Waals surface area contributed by atoms with E-state index in [2.05, 4.69) is 10.3 Å². The van der Waals surface area contributed by atoms with Crippen LogP contribution in [0.2, 0.25) is 0 Å². The molecule has 0 saturated carbocycles. The van der Waals surface area contributed by atoms with Gasteiger partial charge in [0.15, 0.2) is 0 Å². The number of aromatic nitrogens is 2. The first-order chi connectivity index (χ1) is 9.74. The number of benzene rings is 1. The predicted octanol–water partition coefficient (Wildman–Crippen LogP) is 0.385. The number of rotatable bonds is 2. The van der Waals surface area contributed by atoms with Crippen molar-refractivity contribution in [3.63, 3.8) is 0 Å². The van der Waals surface area contributed by atoms with Crippen LogP contribution in [0.5, 0.6) is 0 Å². The first-order valence-corrected chi connectivity index (χ1v) is 6.68. The minimum absolute atomic E-state index is 0.00776. The topological polar surface area (TPSA) is 67.2 Å². The van der Waals surface area contributed by atoms with Gasteiger partial charge in [-0.25, -0.2) is 4.98 Å². The highest BCUT2D eigenvalue weighted by Gasteiger charge is 2.19. The third-order valence-corrected chi connectivity index (χ3v) is 3.50. The summed E-state index contributed by atoms with van der Waals surface area (Å²) in [5.74, 6) is 0.0260. The van der Waals surface area contributed by atoms with Gasteiger partial charge in [-0.3, -0.25) is 9.59 Å². The number of nitrogens with zero attached hydrogens (tertiary/aromatic N) is 3. The second-order valence-corrected chi connectivity index (χ2v) is 4.84. The van der Waals surface area contributed by atoms with Crippen molar-refractivity contribution >= 4 is 22.8 Å². The fraction of sp³-hybridized carbons (Fsp3) is 0.357. The van der Waals surface area contributed by atoms with Crippen LogP contribution < -0.4 is 5.32 Å². The molecule has 104 valence electrons. The van der Waals surface area contributed by atoms with Gasteiger partial charge in [0.05, 0.1) is 17.4 Å². The average molecular weight is 272 g/mol. The summed E-state index contributed by atoms with van der Waals surface area (Å²) in [5.41, 5.74) is 1.83. The fourth-order valence-electron chi connectivity index (χ4n) is 2.40. The minimum Gasteiger partial charge on any atom is -0.354 e. The molecule has 1 aromatic heterocycles. The molecule has 1 aliphatic rings. The van der Waals surface area contributed by atoms with E-state index >= 15 is 0 Å². The molecular formula is C14H16N4O2. The Morgan fingerprint density at radius 1 is 1.30 bits per heavy atom. The van der Waals surface area contributed by atoms with E-state index in [1.807, 2.05) is 28.8 Å². The van der Waals surface area contributed by atoms with Gasteiger partial charge in [0.2, 0.25) is 11.8 Å². The Morgan fingerprint density at radius 3 is 3.05 bits per heavy atom. The summed E-state index contributed by atoms with van der Waals surface area (Å²) in [6.45, 7) is 1.83. The van der Waals surface area contributed by atoms with E-state index in [-0.39, 0.29) is 18.4 Å². The fourth-order valence-corrected chi connectivity index (χ4v) is 2.40. The molecule has 2 heterocycles. The molecule has 1 fully saturated rings. The molecule has 1 aromatic carbocycles. The summed E-state index contributed by atoms with van der Waals surface area (Å²) in [5, 5.41) is 2.77. The van der Waals surface area contributed by atoms with Crippen molar-refractivity contribution in [2.45, 2.75) is 13.0 Å². The number of hydrogen-bond acceptors (Lipinski definition) is 3. The van der Waals surface area contributed by atoms with E-state index in [1.54, 1.807) is 11.2 Å². The number of imidazole rings is 1. The van der Waals surface area contributed by atoms with Crippen LogP contribution in [0.15, 0.2) is 30.6 Å².